The number of hydrogen-bond donors (Lipinski definition) is 0. The minimum atomic E-state index is -1.43. The minimum Gasteiger partial charge on any atom is -0.459 e. The zero-order valence-corrected chi connectivity index (χ0v) is 21.4. The molecule has 0 aliphatic rings. The second-order valence-corrected chi connectivity index (χ2v) is 12.1. The summed E-state index contributed by atoms with van der Waals surface area (Å²) in [4.78, 5) is 51.6. The van der Waals surface area contributed by atoms with Gasteiger partial charge in [-0.2, -0.15) is 0 Å². The first-order chi connectivity index (χ1) is 13.5. The van der Waals surface area contributed by atoms with E-state index in [1.165, 1.54) is 0 Å². The third-order valence-electron chi connectivity index (χ3n) is 3.64. The number of ketones is 1. The highest BCUT2D eigenvalue weighted by Gasteiger charge is 2.42. The standard InChI is InChI=1S/C24H42O7/c1-21(2,3)14-17(25)15(18(26)29-22(4,5)6)13-16(19(27)30-23(7,8)9)20(28)31-24(10,11)12/h15-16H,13-14H2,1-12H3. The van der Waals surface area contributed by atoms with Crippen LogP contribution >= 0.6 is 0 Å². The van der Waals surface area contributed by atoms with E-state index in [1.807, 2.05) is 20.8 Å². The summed E-state index contributed by atoms with van der Waals surface area (Å²) >= 11 is 0. The lowest BCUT2D eigenvalue weighted by atomic mass is 9.82. The maximum absolute atomic E-state index is 13.0. The van der Waals surface area contributed by atoms with Crippen LogP contribution in [0, 0.1) is 17.3 Å². The number of Topliss-reactive ketones (excluding diaryl/α,β-unsaturated/α-hetero) is 1. The Hall–Kier alpha value is -1.92. The summed E-state index contributed by atoms with van der Waals surface area (Å²) in [6.45, 7) is 20.7. The van der Waals surface area contributed by atoms with Gasteiger partial charge in [0.2, 0.25) is 0 Å². The Balaban J connectivity index is 6.08. The number of rotatable bonds is 7. The Labute approximate surface area is 187 Å². The van der Waals surface area contributed by atoms with Crippen LogP contribution in [-0.4, -0.2) is 40.5 Å². The zero-order valence-electron chi connectivity index (χ0n) is 21.4. The molecule has 0 saturated carbocycles. The molecule has 180 valence electrons. The molecule has 31 heavy (non-hydrogen) atoms. The van der Waals surface area contributed by atoms with Crippen molar-refractivity contribution in [3.05, 3.63) is 0 Å². The maximum Gasteiger partial charge on any atom is 0.320 e. The van der Waals surface area contributed by atoms with E-state index < -0.39 is 46.5 Å². The third kappa shape index (κ3) is 13.2. The predicted octanol–water partition coefficient (Wildman–Crippen LogP) is 4.64. The molecule has 0 heterocycles. The number of hydrogen-bond acceptors (Lipinski definition) is 7. The van der Waals surface area contributed by atoms with Gasteiger partial charge in [-0.3, -0.25) is 19.2 Å². The van der Waals surface area contributed by atoms with Crippen molar-refractivity contribution in [1.29, 1.82) is 0 Å². The van der Waals surface area contributed by atoms with Gasteiger partial charge in [-0.15, -0.1) is 0 Å². The van der Waals surface area contributed by atoms with Crippen LogP contribution in [0.5, 0.6) is 0 Å². The number of carbonyl (C=O) groups is 4. The van der Waals surface area contributed by atoms with Crippen molar-refractivity contribution in [2.24, 2.45) is 17.3 Å². The summed E-state index contributed by atoms with van der Waals surface area (Å²) in [6, 6.07) is 0. The molecule has 1 atom stereocenters. The van der Waals surface area contributed by atoms with Gasteiger partial charge in [0.1, 0.15) is 28.5 Å². The Bertz CT molecular complexity index is 550. The fraction of sp³-hybridized carbons (Fsp3) is 0.833. The molecule has 0 aliphatic carbocycles. The second-order valence-electron chi connectivity index (χ2n) is 12.1. The first-order valence-electron chi connectivity index (χ1n) is 10.7. The van der Waals surface area contributed by atoms with Crippen LogP contribution in [-0.2, 0) is 33.4 Å². The molecule has 0 N–H and O–H groups in total. The molecule has 0 fully saturated rings. The van der Waals surface area contributed by atoms with Gasteiger partial charge in [-0.1, -0.05) is 20.8 Å². The summed E-state index contributed by atoms with van der Waals surface area (Å²) < 4.78 is 16.2. The molecule has 7 heteroatoms. The highest BCUT2D eigenvalue weighted by atomic mass is 16.6. The van der Waals surface area contributed by atoms with E-state index in [-0.39, 0.29) is 24.0 Å². The Kier molecular flexibility index (Phi) is 9.51. The molecule has 0 aromatic rings. The summed E-state index contributed by atoms with van der Waals surface area (Å²) in [7, 11) is 0. The summed E-state index contributed by atoms with van der Waals surface area (Å²) in [5.74, 6) is -5.54. The summed E-state index contributed by atoms with van der Waals surface area (Å²) in [5, 5.41) is 0. The molecule has 1 unspecified atom stereocenters. The molecule has 0 saturated heterocycles. The molecule has 0 bridgehead atoms. The van der Waals surface area contributed by atoms with Crippen LogP contribution in [0.1, 0.15) is 95.9 Å². The quantitative estimate of drug-likeness (QED) is 0.322. The normalized spacial score (nSPS) is 14.1. The smallest absolute Gasteiger partial charge is 0.320 e. The summed E-state index contributed by atoms with van der Waals surface area (Å²) in [6.07, 6.45) is -0.278. The molecule has 0 spiro atoms. The third-order valence-corrected chi connectivity index (χ3v) is 3.64. The molecule has 0 amide bonds. The van der Waals surface area contributed by atoms with Crippen LogP contribution in [0.3, 0.4) is 0 Å². The molecular weight excluding hydrogens is 400 g/mol. The van der Waals surface area contributed by atoms with E-state index in [4.69, 9.17) is 14.2 Å². The first kappa shape index (κ1) is 29.1. The van der Waals surface area contributed by atoms with Crippen molar-refractivity contribution in [3.63, 3.8) is 0 Å². The zero-order chi connectivity index (χ0) is 25.0. The van der Waals surface area contributed by atoms with Gasteiger partial charge in [-0.25, -0.2) is 0 Å². The Morgan fingerprint density at radius 2 is 0.839 bits per heavy atom. The number of carbonyl (C=O) groups excluding carboxylic acids is 4. The van der Waals surface area contributed by atoms with Crippen molar-refractivity contribution in [2.75, 3.05) is 0 Å². The van der Waals surface area contributed by atoms with Gasteiger partial charge in [0.25, 0.3) is 0 Å². The lowest BCUT2D eigenvalue weighted by Crippen LogP contribution is -2.41. The number of ether oxygens (including phenoxy) is 3. The fourth-order valence-electron chi connectivity index (χ4n) is 2.65. The average Bonchev–Trinajstić information content (AvgIpc) is 2.39. The van der Waals surface area contributed by atoms with Crippen molar-refractivity contribution < 1.29 is 33.4 Å². The molecular formula is C24H42O7. The molecule has 0 radical (unpaired) electrons. The lowest BCUT2D eigenvalue weighted by Gasteiger charge is -2.29. The molecule has 0 aliphatic heterocycles. The predicted molar refractivity (Wildman–Crippen MR) is 118 cm³/mol. The lowest BCUT2D eigenvalue weighted by molar-refractivity contribution is -0.176. The highest BCUT2D eigenvalue weighted by molar-refractivity contribution is 6.02. The van der Waals surface area contributed by atoms with Gasteiger partial charge in [0.05, 0.1) is 0 Å². The van der Waals surface area contributed by atoms with E-state index in [1.54, 1.807) is 62.3 Å². The van der Waals surface area contributed by atoms with Crippen LogP contribution < -0.4 is 0 Å². The molecule has 0 rings (SSSR count). The van der Waals surface area contributed by atoms with Gasteiger partial charge in [-0.05, 0) is 74.1 Å². The van der Waals surface area contributed by atoms with Crippen LogP contribution in [0.15, 0.2) is 0 Å². The average molecular weight is 443 g/mol. The highest BCUT2D eigenvalue weighted by Crippen LogP contribution is 2.29. The van der Waals surface area contributed by atoms with Crippen LogP contribution in [0.2, 0.25) is 0 Å². The van der Waals surface area contributed by atoms with Gasteiger partial charge >= 0.3 is 17.9 Å². The maximum atomic E-state index is 13.0. The van der Waals surface area contributed by atoms with E-state index in [2.05, 4.69) is 0 Å². The topological polar surface area (TPSA) is 96.0 Å². The van der Waals surface area contributed by atoms with Crippen molar-refractivity contribution >= 4 is 23.7 Å². The number of esters is 3. The minimum absolute atomic E-state index is 0.0896. The van der Waals surface area contributed by atoms with Crippen LogP contribution in [0.25, 0.3) is 0 Å². The monoisotopic (exact) mass is 442 g/mol. The van der Waals surface area contributed by atoms with E-state index >= 15 is 0 Å². The first-order valence-corrected chi connectivity index (χ1v) is 10.7. The van der Waals surface area contributed by atoms with Crippen LogP contribution in [0.4, 0.5) is 0 Å². The summed E-state index contributed by atoms with van der Waals surface area (Å²) in [5.41, 5.74) is -2.92. The van der Waals surface area contributed by atoms with Gasteiger partial charge < -0.3 is 14.2 Å². The fourth-order valence-corrected chi connectivity index (χ4v) is 2.65. The van der Waals surface area contributed by atoms with Crippen molar-refractivity contribution in [2.45, 2.75) is 113 Å². The molecule has 0 aromatic carbocycles. The largest absolute Gasteiger partial charge is 0.459 e. The Morgan fingerprint density at radius 3 is 1.10 bits per heavy atom. The van der Waals surface area contributed by atoms with Gasteiger partial charge in [0.15, 0.2) is 5.92 Å². The SMILES string of the molecule is CC(C)(C)CC(=O)C(CC(C(=O)OC(C)(C)C)C(=O)OC(C)(C)C)C(=O)OC(C)(C)C. The van der Waals surface area contributed by atoms with E-state index in [0.717, 1.165) is 0 Å². The van der Waals surface area contributed by atoms with Gasteiger partial charge in [0, 0.05) is 6.42 Å². The molecule has 7 nitrogen and oxygen atoms in total. The second kappa shape index (κ2) is 10.1. The van der Waals surface area contributed by atoms with Crippen molar-refractivity contribution in [1.82, 2.24) is 0 Å². The van der Waals surface area contributed by atoms with E-state index in [9.17, 15) is 19.2 Å². The Morgan fingerprint density at radius 1 is 0.548 bits per heavy atom. The van der Waals surface area contributed by atoms with Crippen molar-refractivity contribution in [3.8, 4) is 0 Å². The molecule has 0 aromatic heterocycles. The van der Waals surface area contributed by atoms with E-state index in [0.29, 0.717) is 0 Å².